The van der Waals surface area contributed by atoms with Crippen LogP contribution in [-0.2, 0) is 4.79 Å². The highest BCUT2D eigenvalue weighted by Gasteiger charge is 1.86. The second kappa shape index (κ2) is 5.46. The van der Waals surface area contributed by atoms with E-state index in [-0.39, 0.29) is 0 Å². The van der Waals surface area contributed by atoms with E-state index in [1.54, 1.807) is 0 Å². The van der Waals surface area contributed by atoms with Crippen molar-refractivity contribution in [2.45, 2.75) is 0 Å². The van der Waals surface area contributed by atoms with Gasteiger partial charge in [-0.05, 0) is 17.7 Å². The second-order valence-corrected chi connectivity index (χ2v) is 3.31. The SMILES string of the molecule is O=C=NC/C=C\c1cccc(Br)c1. The van der Waals surface area contributed by atoms with Gasteiger partial charge in [0.15, 0.2) is 0 Å². The van der Waals surface area contributed by atoms with Crippen molar-refractivity contribution in [3.8, 4) is 0 Å². The molecule has 3 heteroatoms. The predicted octanol–water partition coefficient (Wildman–Crippen LogP) is 2.80. The van der Waals surface area contributed by atoms with Crippen LogP contribution in [0.4, 0.5) is 0 Å². The van der Waals surface area contributed by atoms with Gasteiger partial charge in [-0.2, -0.15) is 0 Å². The van der Waals surface area contributed by atoms with Crippen LogP contribution in [0.3, 0.4) is 0 Å². The first-order valence-electron chi connectivity index (χ1n) is 3.78. The van der Waals surface area contributed by atoms with Crippen molar-refractivity contribution in [3.05, 3.63) is 40.4 Å². The number of isocyanates is 1. The Kier molecular flexibility index (Phi) is 4.16. The Labute approximate surface area is 85.1 Å². The summed E-state index contributed by atoms with van der Waals surface area (Å²) in [5.74, 6) is 0. The zero-order valence-electron chi connectivity index (χ0n) is 6.90. The van der Waals surface area contributed by atoms with Gasteiger partial charge in [0.2, 0.25) is 6.08 Å². The third kappa shape index (κ3) is 3.83. The van der Waals surface area contributed by atoms with Gasteiger partial charge in [-0.1, -0.05) is 40.2 Å². The topological polar surface area (TPSA) is 29.4 Å². The molecule has 0 aliphatic heterocycles. The molecule has 1 rings (SSSR count). The molecule has 0 unspecified atom stereocenters. The second-order valence-electron chi connectivity index (χ2n) is 2.39. The molecule has 0 saturated heterocycles. The summed E-state index contributed by atoms with van der Waals surface area (Å²) in [7, 11) is 0. The van der Waals surface area contributed by atoms with E-state index in [9.17, 15) is 4.79 Å². The Morgan fingerprint density at radius 3 is 3.08 bits per heavy atom. The minimum absolute atomic E-state index is 0.385. The highest BCUT2D eigenvalue weighted by atomic mass is 79.9. The molecule has 0 aromatic heterocycles. The fourth-order valence-electron chi connectivity index (χ4n) is 0.889. The van der Waals surface area contributed by atoms with E-state index in [1.165, 1.54) is 6.08 Å². The van der Waals surface area contributed by atoms with Crippen molar-refractivity contribution in [2.75, 3.05) is 6.54 Å². The molecule has 0 radical (unpaired) electrons. The quantitative estimate of drug-likeness (QED) is 0.588. The molecule has 0 N–H and O–H groups in total. The molecule has 0 aliphatic carbocycles. The molecule has 66 valence electrons. The van der Waals surface area contributed by atoms with Gasteiger partial charge < -0.3 is 0 Å². The summed E-state index contributed by atoms with van der Waals surface area (Å²) in [6.07, 6.45) is 5.20. The standard InChI is InChI=1S/C10H8BrNO/c11-10-5-1-3-9(7-10)4-2-6-12-8-13/h1-5,7H,6H2/b4-2-. The van der Waals surface area contributed by atoms with Crippen LogP contribution in [0.5, 0.6) is 0 Å². The highest BCUT2D eigenvalue weighted by Crippen LogP contribution is 2.12. The van der Waals surface area contributed by atoms with Crippen molar-refractivity contribution < 1.29 is 4.79 Å². The molecular formula is C10H8BrNO. The van der Waals surface area contributed by atoms with Gasteiger partial charge in [-0.25, -0.2) is 9.79 Å². The van der Waals surface area contributed by atoms with Crippen molar-refractivity contribution >= 4 is 28.1 Å². The summed E-state index contributed by atoms with van der Waals surface area (Å²) < 4.78 is 1.04. The Balaban J connectivity index is 2.63. The number of benzene rings is 1. The molecule has 0 heterocycles. The van der Waals surface area contributed by atoms with E-state index in [2.05, 4.69) is 20.9 Å². The lowest BCUT2D eigenvalue weighted by molar-refractivity contribution is 0.564. The van der Waals surface area contributed by atoms with Crippen LogP contribution in [0.2, 0.25) is 0 Å². The minimum atomic E-state index is 0.385. The van der Waals surface area contributed by atoms with E-state index in [0.29, 0.717) is 6.54 Å². The van der Waals surface area contributed by atoms with Gasteiger partial charge in [-0.3, -0.25) is 0 Å². The average molecular weight is 238 g/mol. The molecule has 0 amide bonds. The number of hydrogen-bond acceptors (Lipinski definition) is 2. The highest BCUT2D eigenvalue weighted by molar-refractivity contribution is 9.10. The first kappa shape index (κ1) is 9.90. The van der Waals surface area contributed by atoms with Crippen LogP contribution in [0.15, 0.2) is 39.8 Å². The van der Waals surface area contributed by atoms with Gasteiger partial charge in [0.1, 0.15) is 0 Å². The van der Waals surface area contributed by atoms with Crippen molar-refractivity contribution in [2.24, 2.45) is 4.99 Å². The van der Waals surface area contributed by atoms with Crippen LogP contribution < -0.4 is 0 Å². The molecule has 0 aliphatic rings. The summed E-state index contributed by atoms with van der Waals surface area (Å²) in [6.45, 7) is 0.385. The molecule has 0 bridgehead atoms. The van der Waals surface area contributed by atoms with E-state index < -0.39 is 0 Å². The summed E-state index contributed by atoms with van der Waals surface area (Å²) in [5.41, 5.74) is 1.08. The molecule has 0 atom stereocenters. The number of halogens is 1. The third-order valence-corrected chi connectivity index (χ3v) is 1.91. The monoisotopic (exact) mass is 237 g/mol. The summed E-state index contributed by atoms with van der Waals surface area (Å²) in [6, 6.07) is 7.88. The summed E-state index contributed by atoms with van der Waals surface area (Å²) >= 11 is 3.37. The van der Waals surface area contributed by atoms with E-state index >= 15 is 0 Å². The van der Waals surface area contributed by atoms with Crippen molar-refractivity contribution in [1.82, 2.24) is 0 Å². The number of carbonyl (C=O) groups excluding carboxylic acids is 1. The van der Waals surface area contributed by atoms with E-state index in [0.717, 1.165) is 10.0 Å². The van der Waals surface area contributed by atoms with Crippen LogP contribution in [0.1, 0.15) is 5.56 Å². The molecule has 0 fully saturated rings. The summed E-state index contributed by atoms with van der Waals surface area (Å²) in [5, 5.41) is 0. The maximum atomic E-state index is 9.74. The Hall–Kier alpha value is -1.18. The number of hydrogen-bond donors (Lipinski definition) is 0. The van der Waals surface area contributed by atoms with Crippen LogP contribution in [0, 0.1) is 0 Å². The number of nitrogens with zero attached hydrogens (tertiary/aromatic N) is 1. The van der Waals surface area contributed by atoms with Crippen molar-refractivity contribution in [3.63, 3.8) is 0 Å². The van der Waals surface area contributed by atoms with Gasteiger partial charge in [-0.15, -0.1) is 0 Å². The minimum Gasteiger partial charge on any atom is -0.211 e. The molecule has 0 saturated carbocycles. The molecule has 13 heavy (non-hydrogen) atoms. The van der Waals surface area contributed by atoms with Crippen LogP contribution >= 0.6 is 15.9 Å². The van der Waals surface area contributed by atoms with E-state index in [1.807, 2.05) is 36.4 Å². The largest absolute Gasteiger partial charge is 0.235 e. The lowest BCUT2D eigenvalue weighted by atomic mass is 10.2. The van der Waals surface area contributed by atoms with Gasteiger partial charge in [0.05, 0.1) is 6.54 Å². The lowest BCUT2D eigenvalue weighted by Crippen LogP contribution is -1.73. The number of rotatable bonds is 3. The smallest absolute Gasteiger partial charge is 0.211 e. The Morgan fingerprint density at radius 1 is 1.54 bits per heavy atom. The fourth-order valence-corrected chi connectivity index (χ4v) is 1.31. The predicted molar refractivity (Wildman–Crippen MR) is 56.2 cm³/mol. The van der Waals surface area contributed by atoms with Crippen LogP contribution in [0.25, 0.3) is 6.08 Å². The zero-order chi connectivity index (χ0) is 9.52. The molecule has 0 spiro atoms. The van der Waals surface area contributed by atoms with Crippen LogP contribution in [-0.4, -0.2) is 12.6 Å². The summed E-state index contributed by atoms with van der Waals surface area (Å²) in [4.78, 5) is 13.1. The Bertz CT molecular complexity index is 354. The zero-order valence-corrected chi connectivity index (χ0v) is 8.49. The third-order valence-electron chi connectivity index (χ3n) is 1.42. The lowest BCUT2D eigenvalue weighted by Gasteiger charge is -1.92. The normalized spacial score (nSPS) is 9.92. The molecule has 1 aromatic rings. The number of aliphatic imine (C=N–C) groups is 1. The first-order valence-corrected chi connectivity index (χ1v) is 4.58. The maximum absolute atomic E-state index is 9.74. The fraction of sp³-hybridized carbons (Fsp3) is 0.100. The Morgan fingerprint density at radius 2 is 2.38 bits per heavy atom. The van der Waals surface area contributed by atoms with Gasteiger partial charge >= 0.3 is 0 Å². The molecule has 2 nitrogen and oxygen atoms in total. The van der Waals surface area contributed by atoms with E-state index in [4.69, 9.17) is 0 Å². The molecular weight excluding hydrogens is 230 g/mol. The van der Waals surface area contributed by atoms with Gasteiger partial charge in [0, 0.05) is 4.47 Å². The van der Waals surface area contributed by atoms with Crippen molar-refractivity contribution in [1.29, 1.82) is 0 Å². The van der Waals surface area contributed by atoms with Gasteiger partial charge in [0.25, 0.3) is 0 Å². The average Bonchev–Trinajstić information content (AvgIpc) is 2.13. The maximum Gasteiger partial charge on any atom is 0.235 e. The first-order chi connectivity index (χ1) is 6.33. The molecule has 1 aromatic carbocycles.